The molecule has 2 aromatic carbocycles. The number of amides is 2. The van der Waals surface area contributed by atoms with E-state index in [1.54, 1.807) is 6.92 Å². The van der Waals surface area contributed by atoms with Gasteiger partial charge in [0.25, 0.3) is 0 Å². The van der Waals surface area contributed by atoms with Crippen LogP contribution >= 0.6 is 11.6 Å². The number of hydrogen-bond acceptors (Lipinski definition) is 6. The highest BCUT2D eigenvalue weighted by atomic mass is 35.5. The van der Waals surface area contributed by atoms with Crippen LogP contribution in [0.2, 0.25) is 5.02 Å². The summed E-state index contributed by atoms with van der Waals surface area (Å²) in [5.41, 5.74) is 3.25. The van der Waals surface area contributed by atoms with E-state index >= 15 is 0 Å². The zero-order valence-corrected chi connectivity index (χ0v) is 15.6. The second-order valence-corrected chi connectivity index (χ2v) is 6.08. The van der Waals surface area contributed by atoms with Crippen molar-refractivity contribution in [2.24, 2.45) is 5.10 Å². The lowest BCUT2D eigenvalue weighted by atomic mass is 10.1. The van der Waals surface area contributed by atoms with Gasteiger partial charge in [-0.1, -0.05) is 41.9 Å². The number of rotatable bonds is 7. The predicted octanol–water partition coefficient (Wildman–Crippen LogP) is 0.796. The first-order chi connectivity index (χ1) is 13.4. The van der Waals surface area contributed by atoms with Gasteiger partial charge >= 0.3 is 11.8 Å². The number of carbonyl (C=O) groups excluding carboxylic acids is 3. The van der Waals surface area contributed by atoms with E-state index in [0.29, 0.717) is 10.6 Å². The first-order valence-electron chi connectivity index (χ1n) is 8.18. The summed E-state index contributed by atoms with van der Waals surface area (Å²) in [7, 11) is 0. The fourth-order valence-electron chi connectivity index (χ4n) is 2.19. The summed E-state index contributed by atoms with van der Waals surface area (Å²) < 4.78 is 5.06. The monoisotopic (exact) mass is 402 g/mol. The predicted molar refractivity (Wildman–Crippen MR) is 101 cm³/mol. The van der Waals surface area contributed by atoms with Gasteiger partial charge in [-0.3, -0.25) is 9.59 Å². The van der Waals surface area contributed by atoms with Gasteiger partial charge in [-0.2, -0.15) is 5.10 Å². The molecule has 0 aliphatic rings. The highest BCUT2D eigenvalue weighted by Crippen LogP contribution is 2.21. The average Bonchev–Trinajstić information content (AvgIpc) is 2.67. The van der Waals surface area contributed by atoms with Crippen LogP contribution in [0.25, 0.3) is 0 Å². The molecule has 2 rings (SSSR count). The van der Waals surface area contributed by atoms with Gasteiger partial charge in [0.05, 0.1) is 18.2 Å². The van der Waals surface area contributed by atoms with Crippen LogP contribution in [-0.4, -0.2) is 30.6 Å². The Morgan fingerprint density at radius 1 is 1.18 bits per heavy atom. The third-order valence-corrected chi connectivity index (χ3v) is 3.78. The smallest absolute Gasteiger partial charge is 0.329 e. The number of ether oxygens (including phenoxy) is 1. The highest BCUT2D eigenvalue weighted by Gasteiger charge is 2.16. The minimum Gasteiger partial charge on any atom is -0.546 e. The minimum atomic E-state index is -1.39. The van der Waals surface area contributed by atoms with Crippen LogP contribution in [0.4, 0.5) is 0 Å². The lowest BCUT2D eigenvalue weighted by Gasteiger charge is -2.13. The Morgan fingerprint density at radius 3 is 2.57 bits per heavy atom. The molecule has 0 saturated carbocycles. The summed E-state index contributed by atoms with van der Waals surface area (Å²) in [6.45, 7) is 1.09. The van der Waals surface area contributed by atoms with Crippen molar-refractivity contribution in [2.45, 2.75) is 13.0 Å². The lowest BCUT2D eigenvalue weighted by molar-refractivity contribution is -0.307. The maximum atomic E-state index is 12.0. The maximum Gasteiger partial charge on any atom is 0.329 e. The van der Waals surface area contributed by atoms with E-state index < -0.39 is 24.4 Å². The van der Waals surface area contributed by atoms with Crippen molar-refractivity contribution in [3.63, 3.8) is 0 Å². The molecule has 0 unspecified atom stereocenters. The SMILES string of the molecule is C[C@H](NC(=O)C(=O)N/N=C\c1cc(Cl)ccc1OCC(=O)[O-])c1ccccc1. The number of halogens is 1. The van der Waals surface area contributed by atoms with Gasteiger partial charge in [0.1, 0.15) is 12.4 Å². The summed E-state index contributed by atoms with van der Waals surface area (Å²) in [6.07, 6.45) is 1.18. The Hall–Kier alpha value is -3.39. The first-order valence-corrected chi connectivity index (χ1v) is 8.55. The molecule has 2 amide bonds. The number of hydrogen-bond donors (Lipinski definition) is 2. The molecule has 0 radical (unpaired) electrons. The summed E-state index contributed by atoms with van der Waals surface area (Å²) in [5, 5.41) is 17.1. The van der Waals surface area contributed by atoms with Gasteiger partial charge in [0.15, 0.2) is 0 Å². The van der Waals surface area contributed by atoms with Gasteiger partial charge in [-0.15, -0.1) is 0 Å². The Labute approximate surface area is 166 Å². The molecular weight excluding hydrogens is 386 g/mol. The molecule has 0 aliphatic heterocycles. The molecule has 0 heterocycles. The van der Waals surface area contributed by atoms with E-state index in [9.17, 15) is 19.5 Å². The van der Waals surface area contributed by atoms with Crippen molar-refractivity contribution in [3.05, 3.63) is 64.7 Å². The molecule has 9 heteroatoms. The molecule has 0 fully saturated rings. The summed E-state index contributed by atoms with van der Waals surface area (Å²) >= 11 is 5.89. The standard InChI is InChI=1S/C19H18ClN3O5/c1-12(13-5-3-2-4-6-13)22-18(26)19(27)23-21-10-14-9-15(20)7-8-16(14)28-11-17(24)25/h2-10,12H,11H2,1H3,(H,22,26)(H,23,27)(H,24,25)/p-1/b21-10-/t12-/m0/s1. The van der Waals surface area contributed by atoms with Gasteiger partial charge in [0.2, 0.25) is 0 Å². The molecule has 28 heavy (non-hydrogen) atoms. The molecule has 2 N–H and O–H groups in total. The molecule has 0 saturated heterocycles. The number of nitrogens with one attached hydrogen (secondary N) is 2. The van der Waals surface area contributed by atoms with Crippen molar-refractivity contribution in [3.8, 4) is 5.75 Å². The van der Waals surface area contributed by atoms with Crippen LogP contribution in [-0.2, 0) is 14.4 Å². The van der Waals surface area contributed by atoms with Gasteiger partial charge in [-0.25, -0.2) is 5.43 Å². The number of carboxylic acid groups (broad SMARTS) is 1. The van der Waals surface area contributed by atoms with Crippen molar-refractivity contribution in [1.82, 2.24) is 10.7 Å². The Kier molecular flexibility index (Phi) is 7.53. The number of aliphatic carboxylic acids is 1. The highest BCUT2D eigenvalue weighted by molar-refractivity contribution is 6.35. The molecule has 146 valence electrons. The number of hydrazone groups is 1. The molecule has 0 bridgehead atoms. The number of carbonyl (C=O) groups is 3. The summed E-state index contributed by atoms with van der Waals surface area (Å²) in [5.74, 6) is -3.03. The van der Waals surface area contributed by atoms with Crippen molar-refractivity contribution in [1.29, 1.82) is 0 Å². The lowest BCUT2D eigenvalue weighted by Crippen LogP contribution is -2.39. The van der Waals surface area contributed by atoms with Crippen LogP contribution in [0.5, 0.6) is 5.75 Å². The van der Waals surface area contributed by atoms with E-state index in [1.807, 2.05) is 30.3 Å². The van der Waals surface area contributed by atoms with E-state index in [2.05, 4.69) is 15.8 Å². The molecule has 8 nitrogen and oxygen atoms in total. The zero-order valence-electron chi connectivity index (χ0n) is 14.8. The Balaban J connectivity index is 1.96. The molecule has 0 aliphatic carbocycles. The van der Waals surface area contributed by atoms with Crippen molar-refractivity contribution >= 4 is 35.6 Å². The fraction of sp³-hybridized carbons (Fsp3) is 0.158. The van der Waals surface area contributed by atoms with E-state index in [4.69, 9.17) is 16.3 Å². The number of benzene rings is 2. The van der Waals surface area contributed by atoms with Crippen LogP contribution in [0.15, 0.2) is 53.6 Å². The summed E-state index contributed by atoms with van der Waals surface area (Å²) in [6, 6.07) is 13.2. The Morgan fingerprint density at radius 2 is 1.89 bits per heavy atom. The normalized spacial score (nSPS) is 11.6. The van der Waals surface area contributed by atoms with E-state index in [1.165, 1.54) is 24.4 Å². The van der Waals surface area contributed by atoms with Crippen LogP contribution in [0.3, 0.4) is 0 Å². The third-order valence-electron chi connectivity index (χ3n) is 3.54. The van der Waals surface area contributed by atoms with Gasteiger partial charge in [0, 0.05) is 10.6 Å². The zero-order chi connectivity index (χ0) is 20.5. The molecule has 1 atom stereocenters. The molecular formula is C19H17ClN3O5-. The number of carboxylic acids is 1. The average molecular weight is 403 g/mol. The summed E-state index contributed by atoms with van der Waals surface area (Å²) in [4.78, 5) is 34.4. The van der Waals surface area contributed by atoms with Gasteiger partial charge in [-0.05, 0) is 30.7 Å². The fourth-order valence-corrected chi connectivity index (χ4v) is 2.37. The van der Waals surface area contributed by atoms with Gasteiger partial charge < -0.3 is 20.0 Å². The Bertz CT molecular complexity index is 886. The van der Waals surface area contributed by atoms with Crippen molar-refractivity contribution < 1.29 is 24.2 Å². The molecule has 0 spiro atoms. The minimum absolute atomic E-state index is 0.175. The second kappa shape index (κ2) is 10.1. The third kappa shape index (κ3) is 6.40. The molecule has 2 aromatic rings. The van der Waals surface area contributed by atoms with E-state index in [-0.39, 0.29) is 11.8 Å². The quantitative estimate of drug-likeness (QED) is 0.403. The van der Waals surface area contributed by atoms with Crippen LogP contribution in [0.1, 0.15) is 24.1 Å². The first kappa shape index (κ1) is 20.9. The van der Waals surface area contributed by atoms with E-state index in [0.717, 1.165) is 5.56 Å². The second-order valence-electron chi connectivity index (χ2n) is 5.65. The van der Waals surface area contributed by atoms with Crippen LogP contribution in [0, 0.1) is 0 Å². The van der Waals surface area contributed by atoms with Crippen LogP contribution < -0.4 is 20.6 Å². The number of nitrogens with zero attached hydrogens (tertiary/aromatic N) is 1. The largest absolute Gasteiger partial charge is 0.546 e. The molecule has 0 aromatic heterocycles. The van der Waals surface area contributed by atoms with Crippen molar-refractivity contribution in [2.75, 3.05) is 6.61 Å². The maximum absolute atomic E-state index is 12.0. The topological polar surface area (TPSA) is 120 Å².